The van der Waals surface area contributed by atoms with Crippen LogP contribution in [0.15, 0.2) is 24.3 Å². The fourth-order valence-corrected chi connectivity index (χ4v) is 4.47. The molecule has 1 aromatic rings. The third-order valence-electron chi connectivity index (χ3n) is 5.24. The average Bonchev–Trinajstić information content (AvgIpc) is 2.38. The molecule has 0 amide bonds. The van der Waals surface area contributed by atoms with Gasteiger partial charge < -0.3 is 5.32 Å². The minimum atomic E-state index is 0. The topological polar surface area (TPSA) is 12.0 Å². The van der Waals surface area contributed by atoms with E-state index in [2.05, 4.69) is 43.4 Å². The molecule has 1 aliphatic carbocycles. The predicted octanol–water partition coefficient (Wildman–Crippen LogP) is 3.70. The molecule has 1 saturated heterocycles. The first kappa shape index (κ1) is 13.9. The van der Waals surface area contributed by atoms with Gasteiger partial charge in [0.1, 0.15) is 0 Å². The molecular weight excluding hydrogens is 242 g/mol. The Hall–Kier alpha value is -0.530. The normalized spacial score (nSPS) is 33.4. The van der Waals surface area contributed by atoms with E-state index < -0.39 is 0 Å². The molecule has 2 heteroatoms. The number of hydrogen-bond donors (Lipinski definition) is 1. The minimum Gasteiger partial charge on any atom is -0.313 e. The van der Waals surface area contributed by atoms with Crippen molar-refractivity contribution in [3.63, 3.8) is 0 Å². The molecule has 0 radical (unpaired) electrons. The van der Waals surface area contributed by atoms with E-state index in [0.717, 1.165) is 5.92 Å². The number of benzene rings is 1. The van der Waals surface area contributed by atoms with E-state index in [1.165, 1.54) is 32.2 Å². The number of nitrogens with one attached hydrogen (secondary N) is 1. The molecule has 1 heterocycles. The first-order valence-electron chi connectivity index (χ1n) is 7.13. The second kappa shape index (κ2) is 5.22. The summed E-state index contributed by atoms with van der Waals surface area (Å²) in [7, 11) is 0. The summed E-state index contributed by atoms with van der Waals surface area (Å²) in [4.78, 5) is 0. The number of rotatable bonds is 2. The summed E-state index contributed by atoms with van der Waals surface area (Å²) in [5.74, 6) is 0.830. The first-order chi connectivity index (χ1) is 8.31. The summed E-state index contributed by atoms with van der Waals surface area (Å²) in [6.45, 7) is 5.94. The van der Waals surface area contributed by atoms with Crippen molar-refractivity contribution in [1.82, 2.24) is 5.32 Å². The maximum absolute atomic E-state index is 3.75. The smallest absolute Gasteiger partial charge is 0.0144 e. The highest BCUT2D eigenvalue weighted by molar-refractivity contribution is 5.85. The number of hydrogen-bond acceptors (Lipinski definition) is 1. The largest absolute Gasteiger partial charge is 0.313 e. The van der Waals surface area contributed by atoms with Crippen LogP contribution in [-0.2, 0) is 11.8 Å². The highest BCUT2D eigenvalue weighted by atomic mass is 35.5. The highest BCUT2D eigenvalue weighted by Gasteiger charge is 2.48. The van der Waals surface area contributed by atoms with E-state index in [4.69, 9.17) is 0 Å². The van der Waals surface area contributed by atoms with E-state index in [-0.39, 0.29) is 12.4 Å². The van der Waals surface area contributed by atoms with Crippen LogP contribution in [0.25, 0.3) is 0 Å². The lowest BCUT2D eigenvalue weighted by molar-refractivity contribution is 0.118. The van der Waals surface area contributed by atoms with Crippen LogP contribution in [0.4, 0.5) is 0 Å². The van der Waals surface area contributed by atoms with Crippen molar-refractivity contribution < 1.29 is 0 Å². The summed E-state index contributed by atoms with van der Waals surface area (Å²) in [5, 5.41) is 3.75. The number of halogens is 1. The quantitative estimate of drug-likeness (QED) is 0.860. The van der Waals surface area contributed by atoms with Crippen LogP contribution < -0.4 is 5.32 Å². The summed E-state index contributed by atoms with van der Waals surface area (Å²) in [6.07, 6.45) is 5.15. The molecule has 1 aliphatic heterocycles. The molecule has 1 N–H and O–H groups in total. The fraction of sp³-hybridized carbons (Fsp3) is 0.625. The van der Waals surface area contributed by atoms with Crippen LogP contribution in [-0.4, -0.2) is 12.6 Å². The standard InChI is InChI=1S/C16H23N.ClH/c1-3-13-15-11-12-7-5-6-8-14(12)16(13,4-2)9-10-17-15;/h5-8,13,15,17H,3-4,9-11H2,1-2H3;1H/t13-,15-,16-;/m1./s1. The van der Waals surface area contributed by atoms with Crippen molar-refractivity contribution in [3.8, 4) is 0 Å². The molecule has 0 aromatic heterocycles. The summed E-state index contributed by atoms with van der Waals surface area (Å²) in [5.41, 5.74) is 3.71. The van der Waals surface area contributed by atoms with E-state index in [9.17, 15) is 0 Å². The molecule has 18 heavy (non-hydrogen) atoms. The Morgan fingerprint density at radius 2 is 2.06 bits per heavy atom. The van der Waals surface area contributed by atoms with Crippen molar-refractivity contribution in [1.29, 1.82) is 0 Å². The summed E-state index contributed by atoms with van der Waals surface area (Å²) in [6, 6.07) is 9.87. The van der Waals surface area contributed by atoms with Gasteiger partial charge in [-0.05, 0) is 42.9 Å². The molecule has 100 valence electrons. The van der Waals surface area contributed by atoms with Crippen molar-refractivity contribution in [2.24, 2.45) is 5.92 Å². The molecule has 2 aliphatic rings. The molecule has 0 spiro atoms. The van der Waals surface area contributed by atoms with Gasteiger partial charge in [0, 0.05) is 11.5 Å². The second-order valence-corrected chi connectivity index (χ2v) is 5.70. The average molecular weight is 266 g/mol. The van der Waals surface area contributed by atoms with Gasteiger partial charge in [0.2, 0.25) is 0 Å². The van der Waals surface area contributed by atoms with Gasteiger partial charge in [0.15, 0.2) is 0 Å². The van der Waals surface area contributed by atoms with Gasteiger partial charge in [-0.1, -0.05) is 44.5 Å². The van der Waals surface area contributed by atoms with Crippen LogP contribution >= 0.6 is 12.4 Å². The third kappa shape index (κ3) is 1.80. The third-order valence-corrected chi connectivity index (χ3v) is 5.24. The maximum Gasteiger partial charge on any atom is 0.0144 e. The summed E-state index contributed by atoms with van der Waals surface area (Å²) < 4.78 is 0. The molecule has 2 bridgehead atoms. The van der Waals surface area contributed by atoms with Crippen molar-refractivity contribution in [2.75, 3.05) is 6.54 Å². The Bertz CT molecular complexity index is 417. The lowest BCUT2D eigenvalue weighted by Crippen LogP contribution is -2.58. The molecule has 0 saturated carbocycles. The Morgan fingerprint density at radius 1 is 1.28 bits per heavy atom. The Morgan fingerprint density at radius 3 is 2.78 bits per heavy atom. The molecule has 3 atom stereocenters. The zero-order valence-corrected chi connectivity index (χ0v) is 12.2. The monoisotopic (exact) mass is 265 g/mol. The van der Waals surface area contributed by atoms with E-state index in [0.29, 0.717) is 11.5 Å². The Kier molecular flexibility index (Phi) is 4.03. The SMILES string of the molecule is CC[C@@H]1[C@H]2Cc3ccccc3[C@]1(CC)CCN2.Cl. The first-order valence-corrected chi connectivity index (χ1v) is 7.13. The van der Waals surface area contributed by atoms with Gasteiger partial charge in [-0.3, -0.25) is 0 Å². The molecule has 1 aromatic carbocycles. The van der Waals surface area contributed by atoms with Gasteiger partial charge in [-0.25, -0.2) is 0 Å². The fourth-order valence-electron chi connectivity index (χ4n) is 4.47. The molecule has 1 fully saturated rings. The number of fused-ring (bicyclic) bond motifs is 4. The Labute approximate surface area is 117 Å². The predicted molar refractivity (Wildman–Crippen MR) is 79.6 cm³/mol. The van der Waals surface area contributed by atoms with Crippen LogP contribution in [0.1, 0.15) is 44.2 Å². The highest BCUT2D eigenvalue weighted by Crippen LogP contribution is 2.49. The van der Waals surface area contributed by atoms with Gasteiger partial charge in [0.05, 0.1) is 0 Å². The molecule has 1 nitrogen and oxygen atoms in total. The molecular formula is C16H24ClN. The van der Waals surface area contributed by atoms with Gasteiger partial charge in [0.25, 0.3) is 0 Å². The van der Waals surface area contributed by atoms with Crippen LogP contribution in [0.2, 0.25) is 0 Å². The lowest BCUT2D eigenvalue weighted by atomic mass is 9.56. The van der Waals surface area contributed by atoms with Gasteiger partial charge in [-0.2, -0.15) is 0 Å². The van der Waals surface area contributed by atoms with Crippen LogP contribution in [0.3, 0.4) is 0 Å². The minimum absolute atomic E-state index is 0. The van der Waals surface area contributed by atoms with Gasteiger partial charge >= 0.3 is 0 Å². The molecule has 0 unspecified atom stereocenters. The van der Waals surface area contributed by atoms with E-state index in [1.807, 2.05) is 0 Å². The Balaban J connectivity index is 0.00000120. The van der Waals surface area contributed by atoms with Crippen molar-refractivity contribution in [3.05, 3.63) is 35.4 Å². The van der Waals surface area contributed by atoms with E-state index >= 15 is 0 Å². The zero-order chi connectivity index (χ0) is 11.9. The summed E-state index contributed by atoms with van der Waals surface area (Å²) >= 11 is 0. The van der Waals surface area contributed by atoms with Gasteiger partial charge in [-0.15, -0.1) is 12.4 Å². The second-order valence-electron chi connectivity index (χ2n) is 5.70. The van der Waals surface area contributed by atoms with Crippen molar-refractivity contribution in [2.45, 2.75) is 51.0 Å². The lowest BCUT2D eigenvalue weighted by Gasteiger charge is -2.53. The van der Waals surface area contributed by atoms with Crippen LogP contribution in [0, 0.1) is 5.92 Å². The zero-order valence-electron chi connectivity index (χ0n) is 11.4. The number of piperidine rings is 1. The molecule has 3 rings (SSSR count). The van der Waals surface area contributed by atoms with Crippen molar-refractivity contribution >= 4 is 12.4 Å². The van der Waals surface area contributed by atoms with Crippen LogP contribution in [0.5, 0.6) is 0 Å². The van der Waals surface area contributed by atoms with E-state index in [1.54, 1.807) is 11.1 Å². The maximum atomic E-state index is 3.75.